The Hall–Kier alpha value is -2.27. The molecule has 6 heteroatoms. The average molecular weight is 320 g/mol. The van der Waals surface area contributed by atoms with E-state index in [1.165, 1.54) is 17.2 Å². The molecule has 2 amide bonds. The van der Waals surface area contributed by atoms with Crippen LogP contribution in [0.2, 0.25) is 5.02 Å². The van der Waals surface area contributed by atoms with Crippen molar-refractivity contribution >= 4 is 29.1 Å². The lowest BCUT2D eigenvalue weighted by Crippen LogP contribution is -2.35. The van der Waals surface area contributed by atoms with Crippen LogP contribution in [-0.4, -0.2) is 35.3 Å². The van der Waals surface area contributed by atoms with E-state index >= 15 is 0 Å². The number of aromatic amines is 1. The molecule has 2 aromatic rings. The Morgan fingerprint density at radius 3 is 2.45 bits per heavy atom. The van der Waals surface area contributed by atoms with Gasteiger partial charge in [-0.2, -0.15) is 0 Å². The quantitative estimate of drug-likeness (QED) is 0.910. The summed E-state index contributed by atoms with van der Waals surface area (Å²) in [5, 5.41) is 3.31. The van der Waals surface area contributed by atoms with Crippen LogP contribution in [-0.2, 0) is 4.79 Å². The second kappa shape index (κ2) is 6.66. The maximum Gasteiger partial charge on any atom is 0.270 e. The van der Waals surface area contributed by atoms with Crippen molar-refractivity contribution in [3.8, 4) is 0 Å². The fourth-order valence-corrected chi connectivity index (χ4v) is 2.34. The number of nitrogens with one attached hydrogen (secondary N) is 2. The summed E-state index contributed by atoms with van der Waals surface area (Å²) >= 11 is 5.78. The molecule has 0 bridgehead atoms. The van der Waals surface area contributed by atoms with Gasteiger partial charge in [0.2, 0.25) is 5.91 Å². The van der Waals surface area contributed by atoms with E-state index in [4.69, 9.17) is 11.6 Å². The van der Waals surface area contributed by atoms with Crippen molar-refractivity contribution < 1.29 is 9.59 Å². The van der Waals surface area contributed by atoms with E-state index in [2.05, 4.69) is 10.3 Å². The first-order valence-corrected chi connectivity index (χ1v) is 7.21. The molecule has 1 aromatic heterocycles. The molecule has 2 N–H and O–H groups in total. The number of carbonyl (C=O) groups is 2. The van der Waals surface area contributed by atoms with Gasteiger partial charge >= 0.3 is 0 Å². The summed E-state index contributed by atoms with van der Waals surface area (Å²) in [6.45, 7) is 3.82. The smallest absolute Gasteiger partial charge is 0.270 e. The van der Waals surface area contributed by atoms with Gasteiger partial charge in [0.1, 0.15) is 5.69 Å². The molecule has 0 saturated carbocycles. The highest BCUT2D eigenvalue weighted by molar-refractivity contribution is 6.31. The first-order valence-electron chi connectivity index (χ1n) is 6.84. The van der Waals surface area contributed by atoms with Crippen LogP contribution >= 0.6 is 11.6 Å². The third-order valence-electron chi connectivity index (χ3n) is 3.35. The van der Waals surface area contributed by atoms with Crippen LogP contribution in [0.1, 0.15) is 21.6 Å². The highest BCUT2D eigenvalue weighted by Crippen LogP contribution is 2.19. The van der Waals surface area contributed by atoms with E-state index in [1.807, 2.05) is 32.0 Å². The first kappa shape index (κ1) is 16.1. The lowest BCUT2D eigenvalue weighted by atomic mass is 10.1. The lowest BCUT2D eigenvalue weighted by Gasteiger charge is -2.17. The van der Waals surface area contributed by atoms with Gasteiger partial charge in [0, 0.05) is 18.9 Å². The fraction of sp³-hybridized carbons (Fsp3) is 0.250. The summed E-state index contributed by atoms with van der Waals surface area (Å²) in [5.74, 6) is -0.533. The molecule has 0 aliphatic heterocycles. The summed E-state index contributed by atoms with van der Waals surface area (Å²) < 4.78 is 0. The Morgan fingerprint density at radius 1 is 1.27 bits per heavy atom. The molecule has 0 saturated heterocycles. The number of carbonyl (C=O) groups excluding carboxylic acids is 2. The number of benzene rings is 1. The number of rotatable bonds is 4. The van der Waals surface area contributed by atoms with Gasteiger partial charge in [-0.05, 0) is 31.0 Å². The summed E-state index contributed by atoms with van der Waals surface area (Å²) in [4.78, 5) is 28.4. The minimum atomic E-state index is -0.288. The molecular weight excluding hydrogens is 302 g/mol. The lowest BCUT2D eigenvalue weighted by molar-refractivity contribution is -0.116. The van der Waals surface area contributed by atoms with E-state index in [0.29, 0.717) is 10.7 Å². The van der Waals surface area contributed by atoms with Gasteiger partial charge < -0.3 is 15.2 Å². The van der Waals surface area contributed by atoms with Crippen LogP contribution in [0.3, 0.4) is 0 Å². The molecule has 1 aromatic carbocycles. The molecule has 0 aliphatic carbocycles. The number of halogens is 1. The second-order valence-electron chi connectivity index (χ2n) is 5.21. The zero-order valence-electron chi connectivity index (χ0n) is 12.7. The van der Waals surface area contributed by atoms with Crippen LogP contribution in [0, 0.1) is 13.8 Å². The molecular formula is C16H18ClN3O2. The van der Waals surface area contributed by atoms with E-state index in [9.17, 15) is 9.59 Å². The van der Waals surface area contributed by atoms with Crippen molar-refractivity contribution in [1.29, 1.82) is 0 Å². The van der Waals surface area contributed by atoms with E-state index in [-0.39, 0.29) is 18.4 Å². The maximum atomic E-state index is 12.1. The summed E-state index contributed by atoms with van der Waals surface area (Å²) in [6.07, 6.45) is 1.53. The summed E-state index contributed by atoms with van der Waals surface area (Å²) in [6, 6.07) is 7.32. The van der Waals surface area contributed by atoms with Crippen molar-refractivity contribution in [2.75, 3.05) is 18.9 Å². The van der Waals surface area contributed by atoms with Crippen LogP contribution in [0.4, 0.5) is 5.69 Å². The predicted octanol–water partition coefficient (Wildman–Crippen LogP) is 3.00. The molecule has 0 radical (unpaired) electrons. The average Bonchev–Trinajstić information content (AvgIpc) is 2.88. The molecule has 22 heavy (non-hydrogen) atoms. The molecule has 2 rings (SSSR count). The van der Waals surface area contributed by atoms with E-state index < -0.39 is 0 Å². The Labute approximate surface area is 134 Å². The van der Waals surface area contributed by atoms with Gasteiger partial charge in [0.05, 0.1) is 11.6 Å². The zero-order valence-corrected chi connectivity index (χ0v) is 13.5. The first-order chi connectivity index (χ1) is 10.4. The van der Waals surface area contributed by atoms with Crippen molar-refractivity contribution in [1.82, 2.24) is 9.88 Å². The molecule has 5 nitrogen and oxygen atoms in total. The number of hydrogen-bond donors (Lipinski definition) is 2. The highest BCUT2D eigenvalue weighted by Gasteiger charge is 2.17. The van der Waals surface area contributed by atoms with Gasteiger partial charge in [-0.3, -0.25) is 9.59 Å². The number of nitrogens with zero attached hydrogens (tertiary/aromatic N) is 1. The summed E-state index contributed by atoms with van der Waals surface area (Å²) in [7, 11) is 1.57. The number of aromatic nitrogens is 1. The van der Waals surface area contributed by atoms with Crippen LogP contribution in [0.25, 0.3) is 0 Å². The van der Waals surface area contributed by atoms with Crippen molar-refractivity contribution in [2.24, 2.45) is 0 Å². The fourth-order valence-electron chi connectivity index (χ4n) is 2.17. The van der Waals surface area contributed by atoms with E-state index in [0.717, 1.165) is 16.8 Å². The minimum Gasteiger partial charge on any atom is -0.356 e. The molecule has 116 valence electrons. The number of likely N-dealkylation sites (N-methyl/N-ethyl adjacent to an activating group) is 1. The SMILES string of the molecule is Cc1cccc(C)c1NC(=O)CN(C)C(=O)c1cc(Cl)c[nH]1. The third kappa shape index (κ3) is 3.68. The number of anilines is 1. The standard InChI is InChI=1S/C16H18ClN3O2/c1-10-5-4-6-11(2)15(10)19-14(21)9-20(3)16(22)13-7-12(17)8-18-13/h4-8,18H,9H2,1-3H3,(H,19,21). The molecule has 0 fully saturated rings. The van der Waals surface area contributed by atoms with E-state index in [1.54, 1.807) is 7.05 Å². The van der Waals surface area contributed by atoms with Gasteiger partial charge in [-0.15, -0.1) is 0 Å². The zero-order chi connectivity index (χ0) is 16.3. The number of para-hydroxylation sites is 1. The number of amides is 2. The Balaban J connectivity index is 2.01. The van der Waals surface area contributed by atoms with Crippen molar-refractivity contribution in [3.63, 3.8) is 0 Å². The molecule has 0 unspecified atom stereocenters. The van der Waals surface area contributed by atoms with Crippen LogP contribution in [0.15, 0.2) is 30.5 Å². The second-order valence-corrected chi connectivity index (χ2v) is 5.64. The predicted molar refractivity (Wildman–Crippen MR) is 87.3 cm³/mol. The Bertz CT molecular complexity index is 689. The monoisotopic (exact) mass is 319 g/mol. The minimum absolute atomic E-state index is 0.0384. The number of H-pyrrole nitrogens is 1. The molecule has 1 heterocycles. The van der Waals surface area contributed by atoms with Gasteiger partial charge in [-0.25, -0.2) is 0 Å². The van der Waals surface area contributed by atoms with Crippen molar-refractivity contribution in [3.05, 3.63) is 52.3 Å². The Morgan fingerprint density at radius 2 is 1.91 bits per heavy atom. The summed E-state index contributed by atoms with van der Waals surface area (Å²) in [5.41, 5.74) is 3.11. The number of hydrogen-bond acceptors (Lipinski definition) is 2. The van der Waals surface area contributed by atoms with Gasteiger partial charge in [0.15, 0.2) is 0 Å². The van der Waals surface area contributed by atoms with Gasteiger partial charge in [0.25, 0.3) is 5.91 Å². The molecule has 0 aliphatic rings. The highest BCUT2D eigenvalue weighted by atomic mass is 35.5. The van der Waals surface area contributed by atoms with Crippen LogP contribution < -0.4 is 5.32 Å². The molecule has 0 spiro atoms. The van der Waals surface area contributed by atoms with Crippen LogP contribution in [0.5, 0.6) is 0 Å². The maximum absolute atomic E-state index is 12.1. The molecule has 0 atom stereocenters. The largest absolute Gasteiger partial charge is 0.356 e. The number of aryl methyl sites for hydroxylation is 2. The van der Waals surface area contributed by atoms with Gasteiger partial charge in [-0.1, -0.05) is 29.8 Å². The topological polar surface area (TPSA) is 65.2 Å². The normalized spacial score (nSPS) is 10.4. The Kier molecular flexibility index (Phi) is 4.88. The third-order valence-corrected chi connectivity index (χ3v) is 3.57. The van der Waals surface area contributed by atoms with Crippen molar-refractivity contribution in [2.45, 2.75) is 13.8 Å².